The highest BCUT2D eigenvalue weighted by molar-refractivity contribution is 5.95. The molecule has 0 bridgehead atoms. The maximum absolute atomic E-state index is 11.7. The van der Waals surface area contributed by atoms with Gasteiger partial charge >= 0.3 is 5.97 Å². The molecular weight excluding hydrogens is 230 g/mol. The molecule has 96 valence electrons. The first kappa shape index (κ1) is 12.6. The Morgan fingerprint density at radius 3 is 2.94 bits per heavy atom. The second-order valence-corrected chi connectivity index (χ2v) is 4.39. The quantitative estimate of drug-likeness (QED) is 0.764. The van der Waals surface area contributed by atoms with E-state index in [4.69, 9.17) is 0 Å². The van der Waals surface area contributed by atoms with Crippen molar-refractivity contribution in [3.8, 4) is 0 Å². The maximum atomic E-state index is 11.7. The molecule has 1 aromatic rings. The summed E-state index contributed by atoms with van der Waals surface area (Å²) in [6.45, 7) is 0.791. The zero-order valence-corrected chi connectivity index (χ0v) is 10.5. The average molecular weight is 247 g/mol. The Kier molecular flexibility index (Phi) is 3.97. The van der Waals surface area contributed by atoms with Crippen LogP contribution in [0.15, 0.2) is 24.3 Å². The molecule has 18 heavy (non-hydrogen) atoms. The van der Waals surface area contributed by atoms with Crippen molar-refractivity contribution >= 4 is 17.6 Å². The summed E-state index contributed by atoms with van der Waals surface area (Å²) >= 11 is 0. The predicted molar refractivity (Wildman–Crippen MR) is 68.4 cm³/mol. The lowest BCUT2D eigenvalue weighted by Crippen LogP contribution is -2.23. The SMILES string of the molecule is COC(=O)CCc1cccc(N2CCCC2=O)c1. The van der Waals surface area contributed by atoms with Gasteiger partial charge in [0.05, 0.1) is 7.11 Å². The Balaban J connectivity index is 2.05. The number of anilines is 1. The van der Waals surface area contributed by atoms with Gasteiger partial charge in [0.2, 0.25) is 5.91 Å². The second-order valence-electron chi connectivity index (χ2n) is 4.39. The third-order valence-corrected chi connectivity index (χ3v) is 3.14. The van der Waals surface area contributed by atoms with E-state index in [2.05, 4.69) is 4.74 Å². The molecule has 4 heteroatoms. The summed E-state index contributed by atoms with van der Waals surface area (Å²) in [5.41, 5.74) is 1.98. The highest BCUT2D eigenvalue weighted by atomic mass is 16.5. The zero-order valence-electron chi connectivity index (χ0n) is 10.5. The molecule has 1 saturated heterocycles. The van der Waals surface area contributed by atoms with E-state index in [0.717, 1.165) is 24.2 Å². The molecule has 0 saturated carbocycles. The summed E-state index contributed by atoms with van der Waals surface area (Å²) in [6, 6.07) is 7.80. The van der Waals surface area contributed by atoms with Gasteiger partial charge in [-0.15, -0.1) is 0 Å². The van der Waals surface area contributed by atoms with Crippen molar-refractivity contribution in [2.45, 2.75) is 25.7 Å². The van der Waals surface area contributed by atoms with E-state index in [-0.39, 0.29) is 11.9 Å². The number of carbonyl (C=O) groups is 2. The highest BCUT2D eigenvalue weighted by Gasteiger charge is 2.21. The number of carbonyl (C=O) groups excluding carboxylic acids is 2. The first-order valence-corrected chi connectivity index (χ1v) is 6.17. The summed E-state index contributed by atoms with van der Waals surface area (Å²) in [4.78, 5) is 24.5. The van der Waals surface area contributed by atoms with Crippen molar-refractivity contribution < 1.29 is 14.3 Å². The Labute approximate surface area is 107 Å². The molecule has 0 aliphatic carbocycles. The van der Waals surface area contributed by atoms with E-state index in [1.54, 1.807) is 0 Å². The second kappa shape index (κ2) is 5.67. The zero-order chi connectivity index (χ0) is 13.0. The smallest absolute Gasteiger partial charge is 0.305 e. The van der Waals surface area contributed by atoms with Crippen LogP contribution in [0.3, 0.4) is 0 Å². The molecule has 1 aliphatic heterocycles. The fourth-order valence-corrected chi connectivity index (χ4v) is 2.15. The fourth-order valence-electron chi connectivity index (χ4n) is 2.15. The molecular formula is C14H17NO3. The molecule has 1 heterocycles. The van der Waals surface area contributed by atoms with Crippen LogP contribution in [0.25, 0.3) is 0 Å². The molecule has 4 nitrogen and oxygen atoms in total. The summed E-state index contributed by atoms with van der Waals surface area (Å²) in [5, 5.41) is 0. The van der Waals surface area contributed by atoms with Gasteiger partial charge in [0, 0.05) is 25.1 Å². The van der Waals surface area contributed by atoms with Crippen LogP contribution in [0.1, 0.15) is 24.8 Å². The first-order chi connectivity index (χ1) is 8.70. The molecule has 0 unspecified atom stereocenters. The van der Waals surface area contributed by atoms with Crippen molar-refractivity contribution in [1.29, 1.82) is 0 Å². The van der Waals surface area contributed by atoms with Crippen molar-refractivity contribution in [2.75, 3.05) is 18.6 Å². The monoisotopic (exact) mass is 247 g/mol. The topological polar surface area (TPSA) is 46.6 Å². The van der Waals surface area contributed by atoms with Gasteiger partial charge < -0.3 is 9.64 Å². The molecule has 2 rings (SSSR count). The van der Waals surface area contributed by atoms with Crippen LogP contribution in [0.2, 0.25) is 0 Å². The average Bonchev–Trinajstić information content (AvgIpc) is 2.82. The lowest BCUT2D eigenvalue weighted by molar-refractivity contribution is -0.140. The Morgan fingerprint density at radius 2 is 2.28 bits per heavy atom. The molecule has 1 fully saturated rings. The lowest BCUT2D eigenvalue weighted by atomic mass is 10.1. The third-order valence-electron chi connectivity index (χ3n) is 3.14. The number of hydrogen-bond donors (Lipinski definition) is 0. The van der Waals surface area contributed by atoms with E-state index in [1.807, 2.05) is 29.2 Å². The molecule has 0 spiro atoms. The van der Waals surface area contributed by atoms with Gasteiger partial charge in [-0.25, -0.2) is 0 Å². The van der Waals surface area contributed by atoms with Gasteiger partial charge in [-0.3, -0.25) is 9.59 Å². The van der Waals surface area contributed by atoms with Gasteiger partial charge in [-0.2, -0.15) is 0 Å². The van der Waals surface area contributed by atoms with Crippen LogP contribution in [0.5, 0.6) is 0 Å². The van der Waals surface area contributed by atoms with Gasteiger partial charge in [-0.05, 0) is 30.5 Å². The van der Waals surface area contributed by atoms with E-state index >= 15 is 0 Å². The van der Waals surface area contributed by atoms with E-state index < -0.39 is 0 Å². The molecule has 0 radical (unpaired) electrons. The summed E-state index contributed by atoms with van der Waals surface area (Å²) in [5.74, 6) is -0.0298. The maximum Gasteiger partial charge on any atom is 0.305 e. The van der Waals surface area contributed by atoms with E-state index in [1.165, 1.54) is 7.11 Å². The number of nitrogens with zero attached hydrogens (tertiary/aromatic N) is 1. The fraction of sp³-hybridized carbons (Fsp3) is 0.429. The number of methoxy groups -OCH3 is 1. The largest absolute Gasteiger partial charge is 0.469 e. The van der Waals surface area contributed by atoms with Crippen molar-refractivity contribution in [1.82, 2.24) is 0 Å². The predicted octanol–water partition coefficient (Wildman–Crippen LogP) is 1.92. The number of amides is 1. The molecule has 0 N–H and O–H groups in total. The van der Waals surface area contributed by atoms with Crippen LogP contribution in [0.4, 0.5) is 5.69 Å². The first-order valence-electron chi connectivity index (χ1n) is 6.17. The lowest BCUT2D eigenvalue weighted by Gasteiger charge is -2.16. The summed E-state index contributed by atoms with van der Waals surface area (Å²) in [7, 11) is 1.39. The minimum atomic E-state index is -0.211. The van der Waals surface area contributed by atoms with Crippen molar-refractivity contribution in [3.05, 3.63) is 29.8 Å². The number of hydrogen-bond acceptors (Lipinski definition) is 3. The molecule has 0 atom stereocenters. The standard InChI is InChI=1S/C14H17NO3/c1-18-14(17)8-7-11-4-2-5-12(10-11)15-9-3-6-13(15)16/h2,4-5,10H,3,6-9H2,1H3. The van der Waals surface area contributed by atoms with Crippen LogP contribution in [0, 0.1) is 0 Å². The van der Waals surface area contributed by atoms with Crippen molar-refractivity contribution in [3.63, 3.8) is 0 Å². The van der Waals surface area contributed by atoms with Crippen LogP contribution in [-0.4, -0.2) is 25.5 Å². The molecule has 1 aromatic carbocycles. The number of aryl methyl sites for hydroxylation is 1. The number of benzene rings is 1. The number of ether oxygens (including phenoxy) is 1. The van der Waals surface area contributed by atoms with Gasteiger partial charge in [0.25, 0.3) is 0 Å². The summed E-state index contributed by atoms with van der Waals surface area (Å²) < 4.78 is 4.62. The molecule has 1 aliphatic rings. The minimum Gasteiger partial charge on any atom is -0.469 e. The molecule has 1 amide bonds. The van der Waals surface area contributed by atoms with Crippen molar-refractivity contribution in [2.24, 2.45) is 0 Å². The van der Waals surface area contributed by atoms with E-state index in [9.17, 15) is 9.59 Å². The van der Waals surface area contributed by atoms with Crippen LogP contribution < -0.4 is 4.90 Å². The van der Waals surface area contributed by atoms with Crippen LogP contribution >= 0.6 is 0 Å². The van der Waals surface area contributed by atoms with E-state index in [0.29, 0.717) is 19.3 Å². The summed E-state index contributed by atoms with van der Waals surface area (Å²) in [6.07, 6.45) is 2.56. The minimum absolute atomic E-state index is 0.181. The van der Waals surface area contributed by atoms with Gasteiger partial charge in [-0.1, -0.05) is 12.1 Å². The Morgan fingerprint density at radius 1 is 1.44 bits per heavy atom. The number of rotatable bonds is 4. The van der Waals surface area contributed by atoms with Gasteiger partial charge in [0.1, 0.15) is 0 Å². The Hall–Kier alpha value is -1.84. The number of esters is 1. The van der Waals surface area contributed by atoms with Gasteiger partial charge in [0.15, 0.2) is 0 Å². The Bertz CT molecular complexity index is 456. The normalized spacial score (nSPS) is 14.9. The molecule has 0 aromatic heterocycles. The third kappa shape index (κ3) is 2.88. The van der Waals surface area contributed by atoms with Crippen LogP contribution in [-0.2, 0) is 20.7 Å². The highest BCUT2D eigenvalue weighted by Crippen LogP contribution is 2.22.